The van der Waals surface area contributed by atoms with E-state index in [1.54, 1.807) is 30.6 Å². The molecule has 1 unspecified atom stereocenters. The summed E-state index contributed by atoms with van der Waals surface area (Å²) < 4.78 is 19.1. The van der Waals surface area contributed by atoms with Crippen molar-refractivity contribution in [2.45, 2.75) is 12.5 Å². The Morgan fingerprint density at radius 3 is 2.90 bits per heavy atom. The van der Waals surface area contributed by atoms with Crippen LogP contribution in [0, 0.1) is 17.7 Å². The molecule has 1 atom stereocenters. The van der Waals surface area contributed by atoms with Gasteiger partial charge in [-0.05, 0) is 31.2 Å². The Labute approximate surface area is 123 Å². The van der Waals surface area contributed by atoms with Crippen LogP contribution in [-0.2, 0) is 0 Å². The highest BCUT2D eigenvalue weighted by Crippen LogP contribution is 2.13. The van der Waals surface area contributed by atoms with Crippen molar-refractivity contribution in [1.82, 2.24) is 10.3 Å². The number of rotatable bonds is 3. The number of pyridine rings is 1. The Kier molecular flexibility index (Phi) is 4.13. The van der Waals surface area contributed by atoms with Crippen LogP contribution in [0.15, 0.2) is 42.7 Å². The largest absolute Gasteiger partial charge is 0.490 e. The van der Waals surface area contributed by atoms with E-state index < -0.39 is 0 Å². The Hall–Kier alpha value is -2.38. The fourth-order valence-corrected chi connectivity index (χ4v) is 1.96. The third-order valence-corrected chi connectivity index (χ3v) is 3.31. The zero-order chi connectivity index (χ0) is 14.5. The molecule has 21 heavy (non-hydrogen) atoms. The minimum absolute atomic E-state index is 0.318. The first-order chi connectivity index (χ1) is 10.3. The van der Waals surface area contributed by atoms with Gasteiger partial charge in [0, 0.05) is 17.8 Å². The number of benzene rings is 1. The van der Waals surface area contributed by atoms with Crippen molar-refractivity contribution in [3.8, 4) is 17.6 Å². The maximum Gasteiger partial charge on any atom is 0.138 e. The van der Waals surface area contributed by atoms with Crippen LogP contribution in [-0.4, -0.2) is 24.2 Å². The lowest BCUT2D eigenvalue weighted by Crippen LogP contribution is -2.46. The fraction of sp³-hybridized carbons (Fsp3) is 0.235. The summed E-state index contributed by atoms with van der Waals surface area (Å²) in [4.78, 5) is 4.10. The number of nitrogens with one attached hydrogen (secondary N) is 1. The first-order valence-electron chi connectivity index (χ1n) is 6.89. The summed E-state index contributed by atoms with van der Waals surface area (Å²) in [5, 5.41) is 3.27. The van der Waals surface area contributed by atoms with E-state index in [4.69, 9.17) is 4.74 Å². The molecule has 1 aliphatic rings. The summed E-state index contributed by atoms with van der Waals surface area (Å²) in [6.45, 7) is 1.69. The predicted octanol–water partition coefficient (Wildman–Crippen LogP) is 2.36. The molecule has 4 heteroatoms. The number of hydrogen-bond donors (Lipinski definition) is 1. The second-order valence-corrected chi connectivity index (χ2v) is 4.89. The molecule has 0 bridgehead atoms. The molecule has 0 amide bonds. The first kappa shape index (κ1) is 13.6. The van der Waals surface area contributed by atoms with Gasteiger partial charge in [0.15, 0.2) is 0 Å². The molecule has 1 saturated heterocycles. The van der Waals surface area contributed by atoms with Gasteiger partial charge in [0.25, 0.3) is 0 Å². The van der Waals surface area contributed by atoms with E-state index in [1.807, 2.05) is 6.07 Å². The molecule has 1 aromatic heterocycles. The van der Waals surface area contributed by atoms with Crippen molar-refractivity contribution < 1.29 is 9.13 Å². The topological polar surface area (TPSA) is 34.1 Å². The van der Waals surface area contributed by atoms with Gasteiger partial charge in [-0.3, -0.25) is 4.98 Å². The number of hydrogen-bond acceptors (Lipinski definition) is 3. The van der Waals surface area contributed by atoms with Gasteiger partial charge in [-0.25, -0.2) is 4.39 Å². The molecule has 3 nitrogen and oxygen atoms in total. The number of nitrogens with zero attached hydrogens (tertiary/aromatic N) is 1. The third-order valence-electron chi connectivity index (χ3n) is 3.31. The molecule has 0 radical (unpaired) electrons. The summed E-state index contributed by atoms with van der Waals surface area (Å²) in [6.07, 6.45) is 4.44. The highest BCUT2D eigenvalue weighted by atomic mass is 19.1. The van der Waals surface area contributed by atoms with Crippen LogP contribution in [0.5, 0.6) is 5.75 Å². The molecule has 3 rings (SSSR count). The fourth-order valence-electron chi connectivity index (χ4n) is 1.96. The number of aromatic nitrogens is 1. The van der Waals surface area contributed by atoms with Gasteiger partial charge in [-0.15, -0.1) is 0 Å². The number of ether oxygens (including phenoxy) is 1. The van der Waals surface area contributed by atoms with Crippen LogP contribution < -0.4 is 10.1 Å². The standard InChI is InChI=1S/C17H15FN2O/c18-17-4-2-1-3-14(17)6-5-13-9-16(11-19-10-13)21-12-15-7-8-20-15/h1-4,9-11,15,20H,7-8,12H2. The van der Waals surface area contributed by atoms with Crippen LogP contribution in [0.25, 0.3) is 0 Å². The lowest BCUT2D eigenvalue weighted by molar-refractivity contribution is 0.217. The Morgan fingerprint density at radius 2 is 2.14 bits per heavy atom. The van der Waals surface area contributed by atoms with Crippen molar-refractivity contribution in [2.75, 3.05) is 13.2 Å². The van der Waals surface area contributed by atoms with Crippen molar-refractivity contribution in [3.63, 3.8) is 0 Å². The smallest absolute Gasteiger partial charge is 0.138 e. The summed E-state index contributed by atoms with van der Waals surface area (Å²) in [5.41, 5.74) is 1.08. The summed E-state index contributed by atoms with van der Waals surface area (Å²) in [7, 11) is 0. The van der Waals surface area contributed by atoms with Crippen molar-refractivity contribution in [2.24, 2.45) is 0 Å². The van der Waals surface area contributed by atoms with Gasteiger partial charge in [0.2, 0.25) is 0 Å². The highest BCUT2D eigenvalue weighted by molar-refractivity contribution is 5.44. The van der Waals surface area contributed by atoms with Crippen LogP contribution in [0.1, 0.15) is 17.5 Å². The van der Waals surface area contributed by atoms with Crippen molar-refractivity contribution >= 4 is 0 Å². The van der Waals surface area contributed by atoms with Gasteiger partial charge >= 0.3 is 0 Å². The van der Waals surface area contributed by atoms with E-state index in [2.05, 4.69) is 22.1 Å². The SMILES string of the molecule is Fc1ccccc1C#Cc1cncc(OCC2CCN2)c1. The van der Waals surface area contributed by atoms with E-state index in [0.29, 0.717) is 29.5 Å². The zero-order valence-electron chi connectivity index (χ0n) is 11.5. The molecule has 1 fully saturated rings. The first-order valence-corrected chi connectivity index (χ1v) is 6.89. The molecule has 2 aromatic rings. The zero-order valence-corrected chi connectivity index (χ0v) is 11.5. The molecule has 106 valence electrons. The van der Waals surface area contributed by atoms with Crippen molar-refractivity contribution in [1.29, 1.82) is 0 Å². The normalized spacial score (nSPS) is 16.5. The minimum atomic E-state index is -0.318. The molecular formula is C17H15FN2O. The molecule has 1 aliphatic heterocycles. The third kappa shape index (κ3) is 3.59. The van der Waals surface area contributed by atoms with Gasteiger partial charge in [0.05, 0.1) is 11.8 Å². The van der Waals surface area contributed by atoms with Crippen LogP contribution >= 0.6 is 0 Å². The predicted molar refractivity (Wildman–Crippen MR) is 78.5 cm³/mol. The molecule has 0 spiro atoms. The quantitative estimate of drug-likeness (QED) is 0.878. The van der Waals surface area contributed by atoms with Gasteiger partial charge < -0.3 is 10.1 Å². The van der Waals surface area contributed by atoms with E-state index in [0.717, 1.165) is 13.0 Å². The second kappa shape index (κ2) is 6.38. The molecule has 0 aliphatic carbocycles. The van der Waals surface area contributed by atoms with Crippen LogP contribution in [0.3, 0.4) is 0 Å². The Balaban J connectivity index is 1.69. The van der Waals surface area contributed by atoms with Gasteiger partial charge in [0.1, 0.15) is 18.2 Å². The minimum Gasteiger partial charge on any atom is -0.490 e. The summed E-state index contributed by atoms with van der Waals surface area (Å²) >= 11 is 0. The molecular weight excluding hydrogens is 267 g/mol. The van der Waals surface area contributed by atoms with E-state index in [-0.39, 0.29) is 5.82 Å². The maximum absolute atomic E-state index is 13.5. The molecule has 0 saturated carbocycles. The summed E-state index contributed by atoms with van der Waals surface area (Å²) in [5.74, 6) is 6.09. The average Bonchev–Trinajstić information content (AvgIpc) is 2.45. The summed E-state index contributed by atoms with van der Waals surface area (Å²) in [6, 6.07) is 8.70. The Morgan fingerprint density at radius 1 is 1.29 bits per heavy atom. The number of halogens is 1. The molecule has 1 aromatic carbocycles. The highest BCUT2D eigenvalue weighted by Gasteiger charge is 2.16. The average molecular weight is 282 g/mol. The van der Waals surface area contributed by atoms with Crippen molar-refractivity contribution in [3.05, 3.63) is 59.7 Å². The van der Waals surface area contributed by atoms with Gasteiger partial charge in [-0.2, -0.15) is 0 Å². The maximum atomic E-state index is 13.5. The van der Waals surface area contributed by atoms with E-state index in [9.17, 15) is 4.39 Å². The lowest BCUT2D eigenvalue weighted by Gasteiger charge is -2.27. The molecule has 2 heterocycles. The van der Waals surface area contributed by atoms with Gasteiger partial charge in [-0.1, -0.05) is 24.0 Å². The Bertz CT molecular complexity index is 686. The monoisotopic (exact) mass is 282 g/mol. The molecule has 1 N–H and O–H groups in total. The van der Waals surface area contributed by atoms with Crippen LogP contribution in [0.2, 0.25) is 0 Å². The van der Waals surface area contributed by atoms with E-state index in [1.165, 1.54) is 6.07 Å². The lowest BCUT2D eigenvalue weighted by atomic mass is 10.1. The van der Waals surface area contributed by atoms with E-state index >= 15 is 0 Å². The van der Waals surface area contributed by atoms with Crippen LogP contribution in [0.4, 0.5) is 4.39 Å². The second-order valence-electron chi connectivity index (χ2n) is 4.89.